The molecule has 3 aliphatic rings. The lowest BCUT2D eigenvalue weighted by Crippen LogP contribution is -2.58. The first-order valence-electron chi connectivity index (χ1n) is 17.2. The van der Waals surface area contributed by atoms with Gasteiger partial charge in [0.15, 0.2) is 16.6 Å². The summed E-state index contributed by atoms with van der Waals surface area (Å²) in [4.78, 5) is 53.3. The molecular weight excluding hydrogens is 689 g/mol. The van der Waals surface area contributed by atoms with Crippen LogP contribution in [0.3, 0.4) is 0 Å². The minimum atomic E-state index is -2.66. The molecule has 0 aliphatic carbocycles. The number of imide groups is 1. The Morgan fingerprint density at radius 2 is 1.02 bits per heavy atom. The van der Waals surface area contributed by atoms with Crippen LogP contribution in [0, 0.1) is 0 Å². The van der Waals surface area contributed by atoms with Gasteiger partial charge < -0.3 is 27.5 Å². The van der Waals surface area contributed by atoms with Gasteiger partial charge in [0.05, 0.1) is 0 Å². The maximum absolute atomic E-state index is 12.1. The molecule has 0 aromatic rings. The SMILES string of the molecule is C.C.C.C.C[Si](C)(CCCN1CCCC1=O)O[Si](C)(C)O[Si](C)(CCCNCCN1C(=O)CCC1=O)O[Si](C)(C)CCCN1CCCC1=O. The van der Waals surface area contributed by atoms with Crippen LogP contribution in [0.4, 0.5) is 0 Å². The number of carbonyl (C=O) groups is 4. The molecule has 1 unspecified atom stereocenters. The number of nitrogens with one attached hydrogen (secondary N) is 1. The fraction of sp³-hybridized carbons (Fsp3) is 0.882. The maximum atomic E-state index is 12.1. The quantitative estimate of drug-likeness (QED) is 0.0761. The molecule has 1 atom stereocenters. The molecular formula is C34H76N4O7Si4. The van der Waals surface area contributed by atoms with Gasteiger partial charge in [0.25, 0.3) is 0 Å². The molecule has 0 spiro atoms. The van der Waals surface area contributed by atoms with Crippen LogP contribution in [-0.4, -0.2) is 118 Å². The minimum absolute atomic E-state index is 0. The molecule has 0 radical (unpaired) electrons. The molecule has 49 heavy (non-hydrogen) atoms. The highest BCUT2D eigenvalue weighted by atomic mass is 28.5. The summed E-state index contributed by atoms with van der Waals surface area (Å²) in [6.45, 7) is 20.7. The van der Waals surface area contributed by atoms with Gasteiger partial charge >= 0.3 is 17.1 Å². The number of amides is 4. The number of rotatable bonds is 21. The zero-order chi connectivity index (χ0) is 33.3. The van der Waals surface area contributed by atoms with Crippen molar-refractivity contribution in [1.29, 1.82) is 0 Å². The van der Waals surface area contributed by atoms with Crippen molar-refractivity contribution in [2.45, 2.75) is 151 Å². The second-order valence-electron chi connectivity index (χ2n) is 14.8. The largest absolute Gasteiger partial charge is 0.436 e. The van der Waals surface area contributed by atoms with Gasteiger partial charge in [-0.15, -0.1) is 0 Å². The third kappa shape index (κ3) is 17.2. The van der Waals surface area contributed by atoms with Gasteiger partial charge in [-0.2, -0.15) is 0 Å². The summed E-state index contributed by atoms with van der Waals surface area (Å²) in [6, 6.07) is 2.77. The highest BCUT2D eigenvalue weighted by molar-refractivity contribution is 6.89. The molecule has 1 N–H and O–H groups in total. The van der Waals surface area contributed by atoms with Crippen LogP contribution in [0.25, 0.3) is 0 Å². The second kappa shape index (κ2) is 22.0. The molecule has 3 rings (SSSR count). The summed E-state index contributed by atoms with van der Waals surface area (Å²) < 4.78 is 21.1. The van der Waals surface area contributed by atoms with Crippen LogP contribution >= 0.6 is 0 Å². The van der Waals surface area contributed by atoms with E-state index < -0.39 is 33.8 Å². The zero-order valence-corrected chi connectivity index (χ0v) is 33.1. The summed E-state index contributed by atoms with van der Waals surface area (Å²) >= 11 is 0. The lowest BCUT2D eigenvalue weighted by Gasteiger charge is -2.43. The van der Waals surface area contributed by atoms with Crippen molar-refractivity contribution in [3.63, 3.8) is 0 Å². The molecule has 0 bridgehead atoms. The molecule has 3 heterocycles. The Hall–Kier alpha value is -1.21. The lowest BCUT2D eigenvalue weighted by atomic mass is 10.4. The van der Waals surface area contributed by atoms with Gasteiger partial charge in [-0.05, 0) is 103 Å². The first-order chi connectivity index (χ1) is 21.0. The van der Waals surface area contributed by atoms with Crippen LogP contribution in [0.2, 0.25) is 64.0 Å². The Labute approximate surface area is 305 Å². The molecule has 3 fully saturated rings. The van der Waals surface area contributed by atoms with Crippen molar-refractivity contribution in [3.05, 3.63) is 0 Å². The Morgan fingerprint density at radius 3 is 1.47 bits per heavy atom. The van der Waals surface area contributed by atoms with Crippen LogP contribution < -0.4 is 5.32 Å². The van der Waals surface area contributed by atoms with E-state index in [0.717, 1.165) is 83.0 Å². The van der Waals surface area contributed by atoms with Crippen molar-refractivity contribution in [2.75, 3.05) is 45.8 Å². The van der Waals surface area contributed by atoms with Crippen LogP contribution in [0.1, 0.15) is 87.5 Å². The molecule has 4 amide bonds. The van der Waals surface area contributed by atoms with Crippen LogP contribution in [-0.2, 0) is 31.5 Å². The number of likely N-dealkylation sites (tertiary alicyclic amines) is 3. The smallest absolute Gasteiger partial charge is 0.315 e. The normalized spacial score (nSPS) is 18.2. The van der Waals surface area contributed by atoms with E-state index in [1.807, 2.05) is 9.80 Å². The fourth-order valence-corrected chi connectivity index (χ4v) is 26.7. The number of nitrogens with zero attached hydrogens (tertiary/aromatic N) is 3. The van der Waals surface area contributed by atoms with Crippen molar-refractivity contribution < 1.29 is 31.5 Å². The van der Waals surface area contributed by atoms with Gasteiger partial charge in [-0.3, -0.25) is 24.1 Å². The summed E-state index contributed by atoms with van der Waals surface area (Å²) in [6.07, 6.45) is 6.70. The molecule has 3 saturated heterocycles. The highest BCUT2D eigenvalue weighted by Gasteiger charge is 2.45. The van der Waals surface area contributed by atoms with Crippen molar-refractivity contribution in [1.82, 2.24) is 20.0 Å². The van der Waals surface area contributed by atoms with Crippen LogP contribution in [0.15, 0.2) is 0 Å². The first-order valence-corrected chi connectivity index (χ1v) is 28.8. The van der Waals surface area contributed by atoms with Crippen LogP contribution in [0.5, 0.6) is 0 Å². The van der Waals surface area contributed by atoms with Crippen molar-refractivity contribution >= 4 is 57.4 Å². The Kier molecular flexibility index (Phi) is 22.4. The average molecular weight is 765 g/mol. The minimum Gasteiger partial charge on any atom is -0.436 e. The third-order valence-electron chi connectivity index (χ3n) is 8.88. The maximum Gasteiger partial charge on any atom is 0.315 e. The average Bonchev–Trinajstić information content (AvgIpc) is 3.60. The van der Waals surface area contributed by atoms with Gasteiger partial charge in [-0.1, -0.05) is 29.7 Å². The van der Waals surface area contributed by atoms with Gasteiger partial charge in [0.1, 0.15) is 0 Å². The fourth-order valence-electron chi connectivity index (χ4n) is 7.01. The first kappa shape index (κ1) is 49.9. The van der Waals surface area contributed by atoms with E-state index in [2.05, 4.69) is 51.1 Å². The van der Waals surface area contributed by atoms with Crippen molar-refractivity contribution in [2.24, 2.45) is 0 Å². The van der Waals surface area contributed by atoms with Crippen molar-refractivity contribution in [3.8, 4) is 0 Å². The van der Waals surface area contributed by atoms with Gasteiger partial charge in [0.2, 0.25) is 23.6 Å². The highest BCUT2D eigenvalue weighted by Crippen LogP contribution is 2.31. The zero-order valence-electron chi connectivity index (χ0n) is 29.1. The second-order valence-corrected chi connectivity index (χ2v) is 30.9. The molecule has 3 aliphatic heterocycles. The molecule has 0 aromatic carbocycles. The number of carbonyl (C=O) groups excluding carboxylic acids is 4. The van der Waals surface area contributed by atoms with E-state index in [4.69, 9.17) is 12.3 Å². The summed E-state index contributed by atoms with van der Waals surface area (Å²) in [5.74, 6) is 0.396. The van der Waals surface area contributed by atoms with Gasteiger partial charge in [0, 0.05) is 65.0 Å². The van der Waals surface area contributed by atoms with E-state index in [0.29, 0.717) is 38.8 Å². The summed E-state index contributed by atoms with van der Waals surface area (Å²) in [5.41, 5.74) is 0. The van der Waals surface area contributed by atoms with Gasteiger partial charge in [-0.25, -0.2) is 0 Å². The number of hydrogen-bond donors (Lipinski definition) is 1. The van der Waals surface area contributed by atoms with E-state index in [-0.39, 0.29) is 53.3 Å². The lowest BCUT2D eigenvalue weighted by molar-refractivity contribution is -0.138. The van der Waals surface area contributed by atoms with E-state index in [1.165, 1.54) is 4.90 Å². The molecule has 0 aromatic heterocycles. The standard InChI is InChI=1S/C30H60N4O7Si4.4CH4/c1-42(2,24-11-21-32-19-8-13-27(32)35)39-44(5,6)41-45(7,26-10-17-31-18-23-34-29(37)15-16-30(34)38)40-43(3,4)25-12-22-33-20-9-14-28(33)36;;;;/h31H,8-26H2,1-7H3;4*1H4. The molecule has 290 valence electrons. The summed E-state index contributed by atoms with van der Waals surface area (Å²) in [7, 11) is -9.35. The van der Waals surface area contributed by atoms with E-state index >= 15 is 0 Å². The molecule has 11 nitrogen and oxygen atoms in total. The Bertz CT molecular complexity index is 1030. The number of hydrogen-bond acceptors (Lipinski definition) is 8. The molecule has 15 heteroatoms. The third-order valence-corrected chi connectivity index (χ3v) is 25.1. The topological polar surface area (TPSA) is 118 Å². The predicted octanol–water partition coefficient (Wildman–Crippen LogP) is 6.92. The summed E-state index contributed by atoms with van der Waals surface area (Å²) in [5, 5.41) is 3.41. The van der Waals surface area contributed by atoms with E-state index in [1.54, 1.807) is 0 Å². The Balaban J connectivity index is 0. The predicted molar refractivity (Wildman–Crippen MR) is 213 cm³/mol. The Morgan fingerprint density at radius 1 is 0.551 bits per heavy atom. The van der Waals surface area contributed by atoms with E-state index in [9.17, 15) is 19.2 Å². The molecule has 0 saturated carbocycles. The monoisotopic (exact) mass is 764 g/mol.